The van der Waals surface area contributed by atoms with Crippen molar-refractivity contribution in [3.05, 3.63) is 29.6 Å². The standard InChI is InChI=1S/C16H19FN2O2/c1-10-12(17)7-4-8-13(10)18-14-9-15(20)19(16(14)21)11-5-2-3-6-11/h4,7-8,11,14,18H,2-3,5-6,9H2,1H3. The summed E-state index contributed by atoms with van der Waals surface area (Å²) in [5.74, 6) is -0.599. The summed E-state index contributed by atoms with van der Waals surface area (Å²) in [7, 11) is 0. The molecule has 4 nitrogen and oxygen atoms in total. The number of amides is 2. The fourth-order valence-corrected chi connectivity index (χ4v) is 3.26. The van der Waals surface area contributed by atoms with Gasteiger partial charge in [-0.15, -0.1) is 0 Å². The Kier molecular flexibility index (Phi) is 3.66. The molecule has 1 saturated heterocycles. The van der Waals surface area contributed by atoms with Crippen LogP contribution in [-0.2, 0) is 9.59 Å². The van der Waals surface area contributed by atoms with E-state index in [0.29, 0.717) is 11.3 Å². The van der Waals surface area contributed by atoms with Crippen LogP contribution in [0.3, 0.4) is 0 Å². The van der Waals surface area contributed by atoms with Gasteiger partial charge < -0.3 is 5.32 Å². The molecule has 2 amide bonds. The minimum Gasteiger partial charge on any atom is -0.373 e. The number of anilines is 1. The maximum atomic E-state index is 13.5. The van der Waals surface area contributed by atoms with Gasteiger partial charge in [0.1, 0.15) is 11.9 Å². The van der Waals surface area contributed by atoms with Crippen molar-refractivity contribution < 1.29 is 14.0 Å². The molecule has 0 radical (unpaired) electrons. The van der Waals surface area contributed by atoms with Gasteiger partial charge in [0.2, 0.25) is 5.91 Å². The van der Waals surface area contributed by atoms with E-state index in [1.807, 2.05) is 0 Å². The van der Waals surface area contributed by atoms with Crippen molar-refractivity contribution in [2.24, 2.45) is 0 Å². The predicted molar refractivity (Wildman–Crippen MR) is 77.3 cm³/mol. The molecule has 1 heterocycles. The second-order valence-electron chi connectivity index (χ2n) is 5.85. The highest BCUT2D eigenvalue weighted by Crippen LogP contribution is 2.29. The molecule has 1 atom stereocenters. The highest BCUT2D eigenvalue weighted by atomic mass is 19.1. The van der Waals surface area contributed by atoms with Crippen LogP contribution >= 0.6 is 0 Å². The average molecular weight is 290 g/mol. The zero-order valence-electron chi connectivity index (χ0n) is 12.1. The van der Waals surface area contributed by atoms with Gasteiger partial charge in [-0.2, -0.15) is 0 Å². The number of nitrogens with zero attached hydrogens (tertiary/aromatic N) is 1. The zero-order valence-corrected chi connectivity index (χ0v) is 12.1. The van der Waals surface area contributed by atoms with Crippen molar-refractivity contribution in [2.45, 2.75) is 51.1 Å². The monoisotopic (exact) mass is 290 g/mol. The molecule has 21 heavy (non-hydrogen) atoms. The number of halogens is 1. The van der Waals surface area contributed by atoms with E-state index in [1.165, 1.54) is 11.0 Å². The Morgan fingerprint density at radius 2 is 1.95 bits per heavy atom. The molecule has 0 spiro atoms. The first-order chi connectivity index (χ1) is 10.1. The normalized spacial score (nSPS) is 23.1. The van der Waals surface area contributed by atoms with Gasteiger partial charge in [0.15, 0.2) is 0 Å². The van der Waals surface area contributed by atoms with E-state index in [-0.39, 0.29) is 30.1 Å². The summed E-state index contributed by atoms with van der Waals surface area (Å²) in [5, 5.41) is 3.03. The molecule has 5 heteroatoms. The van der Waals surface area contributed by atoms with Crippen LogP contribution in [0, 0.1) is 12.7 Å². The van der Waals surface area contributed by atoms with Crippen LogP contribution in [0.15, 0.2) is 18.2 Å². The number of rotatable bonds is 3. The van der Waals surface area contributed by atoms with Crippen LogP contribution in [-0.4, -0.2) is 28.8 Å². The van der Waals surface area contributed by atoms with Crippen molar-refractivity contribution in [2.75, 3.05) is 5.32 Å². The Labute approximate surface area is 123 Å². The van der Waals surface area contributed by atoms with E-state index in [4.69, 9.17) is 0 Å². The Morgan fingerprint density at radius 3 is 2.67 bits per heavy atom. The molecular weight excluding hydrogens is 271 g/mol. The summed E-state index contributed by atoms with van der Waals surface area (Å²) in [4.78, 5) is 26.0. The molecule has 3 rings (SSSR count). The van der Waals surface area contributed by atoms with Gasteiger partial charge in [-0.1, -0.05) is 18.9 Å². The third-order valence-electron chi connectivity index (χ3n) is 4.47. The van der Waals surface area contributed by atoms with Crippen LogP contribution in [0.2, 0.25) is 0 Å². The van der Waals surface area contributed by atoms with Gasteiger partial charge in [-0.25, -0.2) is 4.39 Å². The molecule has 2 fully saturated rings. The number of likely N-dealkylation sites (tertiary alicyclic amines) is 1. The smallest absolute Gasteiger partial charge is 0.252 e. The van der Waals surface area contributed by atoms with E-state index < -0.39 is 6.04 Å². The second kappa shape index (κ2) is 5.47. The fraction of sp³-hybridized carbons (Fsp3) is 0.500. The number of benzene rings is 1. The summed E-state index contributed by atoms with van der Waals surface area (Å²) in [5.41, 5.74) is 1.05. The first-order valence-electron chi connectivity index (χ1n) is 7.45. The minimum absolute atomic E-state index is 0.0606. The second-order valence-corrected chi connectivity index (χ2v) is 5.85. The van der Waals surface area contributed by atoms with Crippen molar-refractivity contribution >= 4 is 17.5 Å². The Hall–Kier alpha value is -1.91. The summed E-state index contributed by atoms with van der Waals surface area (Å²) < 4.78 is 13.5. The van der Waals surface area contributed by atoms with Crippen LogP contribution < -0.4 is 5.32 Å². The van der Waals surface area contributed by atoms with E-state index in [0.717, 1.165) is 25.7 Å². The molecule has 1 aromatic rings. The number of carbonyl (C=O) groups excluding carboxylic acids is 2. The average Bonchev–Trinajstić information content (AvgIpc) is 3.04. The highest BCUT2D eigenvalue weighted by Gasteiger charge is 2.43. The number of nitrogens with one attached hydrogen (secondary N) is 1. The SMILES string of the molecule is Cc1c(F)cccc1NC1CC(=O)N(C2CCCC2)C1=O. The van der Waals surface area contributed by atoms with E-state index in [9.17, 15) is 14.0 Å². The van der Waals surface area contributed by atoms with Crippen molar-refractivity contribution in [3.63, 3.8) is 0 Å². The van der Waals surface area contributed by atoms with Gasteiger partial charge in [-0.05, 0) is 31.9 Å². The summed E-state index contributed by atoms with van der Waals surface area (Å²) in [6, 6.07) is 4.20. The lowest BCUT2D eigenvalue weighted by atomic mass is 10.1. The maximum Gasteiger partial charge on any atom is 0.252 e. The lowest BCUT2D eigenvalue weighted by Crippen LogP contribution is -2.41. The lowest BCUT2D eigenvalue weighted by molar-refractivity contribution is -0.141. The fourth-order valence-electron chi connectivity index (χ4n) is 3.26. The van der Waals surface area contributed by atoms with Gasteiger partial charge in [0.25, 0.3) is 5.91 Å². The van der Waals surface area contributed by atoms with Crippen molar-refractivity contribution in [1.29, 1.82) is 0 Å². The van der Waals surface area contributed by atoms with Crippen LogP contribution in [0.4, 0.5) is 10.1 Å². The maximum absolute atomic E-state index is 13.5. The first kappa shape index (κ1) is 14.0. The zero-order chi connectivity index (χ0) is 15.0. The topological polar surface area (TPSA) is 49.4 Å². The van der Waals surface area contributed by atoms with Gasteiger partial charge in [-0.3, -0.25) is 14.5 Å². The van der Waals surface area contributed by atoms with E-state index in [2.05, 4.69) is 5.32 Å². The summed E-state index contributed by atoms with van der Waals surface area (Å²) >= 11 is 0. The minimum atomic E-state index is -0.571. The molecule has 1 unspecified atom stereocenters. The lowest BCUT2D eigenvalue weighted by Gasteiger charge is -2.22. The largest absolute Gasteiger partial charge is 0.373 e. The third-order valence-corrected chi connectivity index (χ3v) is 4.47. The number of imide groups is 1. The summed E-state index contributed by atoms with van der Waals surface area (Å²) in [6.07, 6.45) is 4.11. The van der Waals surface area contributed by atoms with Crippen LogP contribution in [0.25, 0.3) is 0 Å². The Bertz CT molecular complexity index is 582. The molecule has 112 valence electrons. The van der Waals surface area contributed by atoms with Gasteiger partial charge >= 0.3 is 0 Å². The molecule has 2 aliphatic rings. The Morgan fingerprint density at radius 1 is 1.24 bits per heavy atom. The number of carbonyl (C=O) groups is 2. The third kappa shape index (κ3) is 2.52. The first-order valence-corrected chi connectivity index (χ1v) is 7.45. The molecule has 1 aliphatic carbocycles. The molecule has 1 aliphatic heterocycles. The quantitative estimate of drug-likeness (QED) is 0.871. The summed E-state index contributed by atoms with van der Waals surface area (Å²) in [6.45, 7) is 1.66. The number of hydrogen-bond donors (Lipinski definition) is 1. The van der Waals surface area contributed by atoms with E-state index in [1.54, 1.807) is 19.1 Å². The van der Waals surface area contributed by atoms with E-state index >= 15 is 0 Å². The molecule has 1 saturated carbocycles. The predicted octanol–water partition coefficient (Wildman–Crippen LogP) is 2.62. The Balaban J connectivity index is 1.76. The van der Waals surface area contributed by atoms with Gasteiger partial charge in [0.05, 0.1) is 6.42 Å². The van der Waals surface area contributed by atoms with Gasteiger partial charge in [0, 0.05) is 17.3 Å². The highest BCUT2D eigenvalue weighted by molar-refractivity contribution is 6.07. The van der Waals surface area contributed by atoms with Crippen LogP contribution in [0.1, 0.15) is 37.7 Å². The molecular formula is C16H19FN2O2. The molecule has 1 N–H and O–H groups in total. The number of hydrogen-bond acceptors (Lipinski definition) is 3. The molecule has 0 bridgehead atoms. The molecule has 0 aromatic heterocycles. The van der Waals surface area contributed by atoms with Crippen molar-refractivity contribution in [3.8, 4) is 0 Å². The van der Waals surface area contributed by atoms with Crippen molar-refractivity contribution in [1.82, 2.24) is 4.90 Å². The molecule has 1 aromatic carbocycles. The van der Waals surface area contributed by atoms with Crippen LogP contribution in [0.5, 0.6) is 0 Å².